The first kappa shape index (κ1) is 27.9. The van der Waals surface area contributed by atoms with E-state index in [1.807, 2.05) is 0 Å². The Morgan fingerprint density at radius 1 is 0.853 bits per heavy atom. The zero-order chi connectivity index (χ0) is 25.1. The molecule has 0 aliphatic carbocycles. The van der Waals surface area contributed by atoms with E-state index in [0.29, 0.717) is 34.1 Å². The molecule has 1 unspecified atom stereocenters. The third kappa shape index (κ3) is 7.58. The minimum atomic E-state index is -3.82. The van der Waals surface area contributed by atoms with E-state index < -0.39 is 19.0 Å². The largest absolute Gasteiger partial charge is 0.612 e. The Morgan fingerprint density at radius 2 is 1.44 bits per heavy atom. The Balaban J connectivity index is 2.25. The lowest BCUT2D eigenvalue weighted by Gasteiger charge is -2.19. The van der Waals surface area contributed by atoms with Gasteiger partial charge in [-0.3, -0.25) is 9.05 Å². The molecule has 188 valence electrons. The highest BCUT2D eigenvalue weighted by Gasteiger charge is 2.29. The maximum atomic E-state index is 12.8. The molecule has 34 heavy (non-hydrogen) atoms. The summed E-state index contributed by atoms with van der Waals surface area (Å²) in [5.74, 6) is 2.31. The van der Waals surface area contributed by atoms with Gasteiger partial charge in [0.15, 0.2) is 11.5 Å². The minimum Gasteiger partial charge on any atom is -0.612 e. The monoisotopic (exact) mass is 514 g/mol. The van der Waals surface area contributed by atoms with Crippen LogP contribution in [0.4, 0.5) is 0 Å². The average Bonchev–Trinajstić information content (AvgIpc) is 2.82. The van der Waals surface area contributed by atoms with E-state index in [-0.39, 0.29) is 24.7 Å². The molecule has 9 nitrogen and oxygen atoms in total. The Hall–Kier alpha value is -2.36. The van der Waals surface area contributed by atoms with Crippen molar-refractivity contribution in [3.8, 4) is 28.7 Å². The molecule has 0 aliphatic heterocycles. The van der Waals surface area contributed by atoms with Gasteiger partial charge in [-0.05, 0) is 37.2 Å². The van der Waals surface area contributed by atoms with Crippen molar-refractivity contribution in [3.63, 3.8) is 0 Å². The van der Waals surface area contributed by atoms with E-state index in [9.17, 15) is 9.12 Å². The minimum absolute atomic E-state index is 0.145. The van der Waals surface area contributed by atoms with Crippen molar-refractivity contribution in [3.05, 3.63) is 46.9 Å². The van der Waals surface area contributed by atoms with Crippen LogP contribution in [0.15, 0.2) is 35.7 Å². The van der Waals surface area contributed by atoms with Crippen LogP contribution in [0.2, 0.25) is 0 Å². The van der Waals surface area contributed by atoms with Crippen LogP contribution in [0.25, 0.3) is 6.08 Å². The summed E-state index contributed by atoms with van der Waals surface area (Å²) in [5, 5.41) is 1.54. The van der Waals surface area contributed by atoms with Crippen LogP contribution in [-0.2, 0) is 30.5 Å². The quantitative estimate of drug-likeness (QED) is 0.248. The molecule has 0 spiro atoms. The maximum Gasteiger partial charge on any atom is 0.530 e. The van der Waals surface area contributed by atoms with E-state index in [0.717, 1.165) is 0 Å². The second-order valence-electron chi connectivity index (χ2n) is 6.63. The summed E-state index contributed by atoms with van der Waals surface area (Å²) in [7, 11) is 2.26. The Morgan fingerprint density at radius 3 is 1.94 bits per heavy atom. The van der Waals surface area contributed by atoms with Crippen LogP contribution in [0.5, 0.6) is 28.7 Å². The van der Waals surface area contributed by atoms with Gasteiger partial charge in [-0.15, -0.1) is 0 Å². The fraction of sp³-hybridized carbons (Fsp3) is 0.391. The molecule has 0 radical (unpaired) electrons. The van der Waals surface area contributed by atoms with Gasteiger partial charge < -0.3 is 28.0 Å². The van der Waals surface area contributed by atoms with Crippen LogP contribution < -0.4 is 23.5 Å². The number of ether oxygens (including phenoxy) is 4. The zero-order valence-corrected chi connectivity index (χ0v) is 21.9. The number of hydrogen-bond acceptors (Lipinski definition) is 9. The first-order valence-corrected chi connectivity index (χ1v) is 13.3. The molecule has 2 aromatic rings. The third-order valence-electron chi connectivity index (χ3n) is 4.46. The number of methoxy groups -OCH3 is 4. The molecule has 0 amide bonds. The molecule has 0 bridgehead atoms. The predicted octanol–water partition coefficient (Wildman–Crippen LogP) is 5.20. The molecular weight excluding hydrogens is 483 g/mol. The lowest BCUT2D eigenvalue weighted by molar-refractivity contribution is 0.166. The molecule has 11 heteroatoms. The predicted molar refractivity (Wildman–Crippen MR) is 131 cm³/mol. The maximum absolute atomic E-state index is 12.8. The van der Waals surface area contributed by atoms with Crippen LogP contribution in [0.1, 0.15) is 25.0 Å². The van der Waals surface area contributed by atoms with Gasteiger partial charge in [0.05, 0.1) is 47.2 Å². The fourth-order valence-electron chi connectivity index (χ4n) is 2.96. The van der Waals surface area contributed by atoms with E-state index in [1.165, 1.54) is 21.3 Å². The van der Waals surface area contributed by atoms with Gasteiger partial charge in [0.1, 0.15) is 28.4 Å². The van der Waals surface area contributed by atoms with Crippen molar-refractivity contribution in [2.75, 3.05) is 41.7 Å². The Kier molecular flexibility index (Phi) is 11.1. The SMILES string of the molecule is CCOP(=O)(OCC)Oc1cc(C[S+]([O-])C=Cc2c(OC)cc(OC)cc2OC)ccc1OC. The standard InChI is InChI=1S/C23H31O9PS/c1-7-30-33(24,31-8-2)32-23-13-17(9-10-20(23)27-4)16-34(25)12-11-19-21(28-5)14-18(26-3)15-22(19)29-6/h9-15H,7-8,16H2,1-6H3. The molecule has 0 N–H and O–H groups in total. The summed E-state index contributed by atoms with van der Waals surface area (Å²) in [6, 6.07) is 8.42. The fourth-order valence-corrected chi connectivity index (χ4v) is 5.05. The topological polar surface area (TPSA) is 105 Å². The summed E-state index contributed by atoms with van der Waals surface area (Å²) >= 11 is -1.40. The third-order valence-corrected chi connectivity index (χ3v) is 7.09. The molecule has 2 aromatic carbocycles. The van der Waals surface area contributed by atoms with Gasteiger partial charge in [-0.2, -0.15) is 0 Å². The molecule has 0 fully saturated rings. The van der Waals surface area contributed by atoms with Crippen molar-refractivity contribution in [1.29, 1.82) is 0 Å². The van der Waals surface area contributed by atoms with Gasteiger partial charge in [0, 0.05) is 23.8 Å². The molecule has 1 atom stereocenters. The lowest BCUT2D eigenvalue weighted by Crippen LogP contribution is -2.05. The average molecular weight is 515 g/mol. The smallest absolute Gasteiger partial charge is 0.530 e. The molecule has 0 saturated carbocycles. The summed E-state index contributed by atoms with van der Waals surface area (Å²) in [6.07, 6.45) is 1.67. The molecule has 0 saturated heterocycles. The summed E-state index contributed by atoms with van der Waals surface area (Å²) in [5.41, 5.74) is 1.30. The van der Waals surface area contributed by atoms with Gasteiger partial charge in [-0.25, -0.2) is 4.57 Å². The molecule has 0 aliphatic rings. The van der Waals surface area contributed by atoms with Crippen LogP contribution in [-0.4, -0.2) is 46.2 Å². The van der Waals surface area contributed by atoms with Crippen molar-refractivity contribution in [2.45, 2.75) is 19.6 Å². The highest BCUT2D eigenvalue weighted by atomic mass is 32.2. The van der Waals surface area contributed by atoms with Gasteiger partial charge in [0.2, 0.25) is 0 Å². The number of hydrogen-bond donors (Lipinski definition) is 0. The first-order chi connectivity index (χ1) is 16.3. The highest BCUT2D eigenvalue weighted by molar-refractivity contribution is 7.93. The second kappa shape index (κ2) is 13.5. The van der Waals surface area contributed by atoms with Crippen LogP contribution >= 0.6 is 7.82 Å². The lowest BCUT2D eigenvalue weighted by atomic mass is 10.1. The summed E-state index contributed by atoms with van der Waals surface area (Å²) in [4.78, 5) is 0. The van der Waals surface area contributed by atoms with Crippen molar-refractivity contribution >= 4 is 25.1 Å². The van der Waals surface area contributed by atoms with E-state index in [2.05, 4.69) is 0 Å². The highest BCUT2D eigenvalue weighted by Crippen LogP contribution is 2.51. The van der Waals surface area contributed by atoms with Crippen molar-refractivity contribution < 1.29 is 41.6 Å². The number of phosphoric ester groups is 1. The van der Waals surface area contributed by atoms with Gasteiger partial charge in [0.25, 0.3) is 0 Å². The normalized spacial score (nSPS) is 12.4. The molecule has 0 aromatic heterocycles. The van der Waals surface area contributed by atoms with E-state index in [1.54, 1.807) is 62.8 Å². The molecular formula is C23H31O9PS. The molecule has 2 rings (SSSR count). The van der Waals surface area contributed by atoms with Crippen LogP contribution in [0.3, 0.4) is 0 Å². The first-order valence-electron chi connectivity index (χ1n) is 10.4. The summed E-state index contributed by atoms with van der Waals surface area (Å²) < 4.78 is 62.9. The van der Waals surface area contributed by atoms with Crippen molar-refractivity contribution in [1.82, 2.24) is 0 Å². The van der Waals surface area contributed by atoms with Gasteiger partial charge in [-0.1, -0.05) is 6.07 Å². The van der Waals surface area contributed by atoms with E-state index in [4.69, 9.17) is 32.5 Å². The Labute approximate surface area is 203 Å². The Bertz CT molecular complexity index is 977. The molecule has 0 heterocycles. The second-order valence-corrected chi connectivity index (χ2v) is 9.55. The van der Waals surface area contributed by atoms with E-state index >= 15 is 0 Å². The van der Waals surface area contributed by atoms with Crippen LogP contribution in [0, 0.1) is 0 Å². The number of benzene rings is 2. The number of rotatable bonds is 14. The van der Waals surface area contributed by atoms with Crippen molar-refractivity contribution in [2.24, 2.45) is 0 Å². The summed E-state index contributed by atoms with van der Waals surface area (Å²) in [6.45, 7) is 3.66. The van der Waals surface area contributed by atoms with Gasteiger partial charge >= 0.3 is 7.82 Å². The zero-order valence-electron chi connectivity index (χ0n) is 20.2. The number of phosphoric acid groups is 1.